The molecular formula is C22H23N3O8. The molecule has 1 saturated heterocycles. The molecule has 2 aromatic heterocycles. The van der Waals surface area contributed by atoms with Crippen molar-refractivity contribution in [3.63, 3.8) is 0 Å². The Labute approximate surface area is 189 Å². The summed E-state index contributed by atoms with van der Waals surface area (Å²) in [6.07, 6.45) is 5.19. The minimum atomic E-state index is -0.784. The lowest BCUT2D eigenvalue weighted by Gasteiger charge is -2.27. The van der Waals surface area contributed by atoms with E-state index in [1.807, 2.05) is 0 Å². The Bertz CT molecular complexity index is 886. The molecule has 0 saturated carbocycles. The molecule has 0 bridgehead atoms. The summed E-state index contributed by atoms with van der Waals surface area (Å²) in [7, 11) is 0. The van der Waals surface area contributed by atoms with Crippen LogP contribution in [-0.2, 0) is 23.7 Å². The number of hydrogen-bond donors (Lipinski definition) is 0. The van der Waals surface area contributed by atoms with Crippen molar-refractivity contribution in [2.45, 2.75) is 25.0 Å². The third kappa shape index (κ3) is 7.42. The number of aromatic nitrogens is 2. The maximum absolute atomic E-state index is 12.5. The summed E-state index contributed by atoms with van der Waals surface area (Å²) in [6.45, 7) is 0.0216. The smallest absolute Gasteiger partial charge is 0.339 e. The fourth-order valence-corrected chi connectivity index (χ4v) is 3.08. The van der Waals surface area contributed by atoms with Crippen LogP contribution in [0.2, 0.25) is 0 Å². The lowest BCUT2D eigenvalue weighted by Crippen LogP contribution is -2.39. The topological polar surface area (TPSA) is 143 Å². The zero-order chi connectivity index (χ0) is 23.5. The average molecular weight is 457 g/mol. The first-order valence-corrected chi connectivity index (χ1v) is 10.3. The lowest BCUT2D eigenvalue weighted by molar-refractivity contribution is -0.156. The molecule has 0 radical (unpaired) electrons. The maximum Gasteiger partial charge on any atom is 0.339 e. The van der Waals surface area contributed by atoms with Crippen LogP contribution in [0.1, 0.15) is 33.6 Å². The molecule has 11 heteroatoms. The Morgan fingerprint density at radius 1 is 1.03 bits per heavy atom. The van der Waals surface area contributed by atoms with Gasteiger partial charge in [0.15, 0.2) is 6.04 Å². The molecule has 0 spiro atoms. The van der Waals surface area contributed by atoms with Gasteiger partial charge in [0.05, 0.1) is 44.0 Å². The second-order valence-electron chi connectivity index (χ2n) is 7.32. The number of carbonyl (C=O) groups is 3. The van der Waals surface area contributed by atoms with Gasteiger partial charge in [0.1, 0.15) is 6.10 Å². The van der Waals surface area contributed by atoms with Gasteiger partial charge in [-0.05, 0) is 24.3 Å². The SMILES string of the molecule is O=NC1COCCC1OC(=O)CC(COC(=O)c1cccnc1)COC(=O)c1cccnc1. The number of pyridine rings is 2. The summed E-state index contributed by atoms with van der Waals surface area (Å²) in [6, 6.07) is 5.48. The standard InChI is InChI=1S/C22H23N3O8/c26-20(33-19-5-8-30-14-18(19)25-29)9-15(12-31-21(27)16-3-1-6-23-10-16)13-32-22(28)17-4-2-7-24-11-17/h1-4,6-7,10-11,15,18-19H,5,8-9,12-14H2. The number of carbonyl (C=O) groups excluding carboxylic acids is 3. The van der Waals surface area contributed by atoms with E-state index >= 15 is 0 Å². The van der Waals surface area contributed by atoms with Crippen molar-refractivity contribution in [2.24, 2.45) is 11.1 Å². The van der Waals surface area contributed by atoms with E-state index in [1.165, 1.54) is 24.8 Å². The normalized spacial score (nSPS) is 17.7. The van der Waals surface area contributed by atoms with E-state index in [0.29, 0.717) is 13.0 Å². The van der Waals surface area contributed by atoms with Gasteiger partial charge in [-0.15, -0.1) is 0 Å². The Balaban J connectivity index is 1.59. The van der Waals surface area contributed by atoms with Gasteiger partial charge in [-0.3, -0.25) is 14.8 Å². The number of nitroso groups, excluding NO2 is 1. The lowest BCUT2D eigenvalue weighted by atomic mass is 10.1. The van der Waals surface area contributed by atoms with Crippen LogP contribution in [0.5, 0.6) is 0 Å². The zero-order valence-corrected chi connectivity index (χ0v) is 17.7. The highest BCUT2D eigenvalue weighted by Gasteiger charge is 2.31. The minimum Gasteiger partial charge on any atom is -0.462 e. The highest BCUT2D eigenvalue weighted by atomic mass is 16.6. The van der Waals surface area contributed by atoms with Gasteiger partial charge in [-0.1, -0.05) is 5.18 Å². The monoisotopic (exact) mass is 457 g/mol. The summed E-state index contributed by atoms with van der Waals surface area (Å²) in [5.74, 6) is -2.57. The summed E-state index contributed by atoms with van der Waals surface area (Å²) in [5.41, 5.74) is 0.488. The third-order valence-corrected chi connectivity index (χ3v) is 4.83. The summed E-state index contributed by atoms with van der Waals surface area (Å²) < 4.78 is 21.1. The molecule has 2 unspecified atom stereocenters. The van der Waals surface area contributed by atoms with Crippen LogP contribution in [0, 0.1) is 10.8 Å². The first kappa shape index (κ1) is 23.9. The molecule has 174 valence electrons. The van der Waals surface area contributed by atoms with Gasteiger partial charge in [0, 0.05) is 37.1 Å². The van der Waals surface area contributed by atoms with Crippen LogP contribution in [0.4, 0.5) is 0 Å². The number of nitrogens with zero attached hydrogens (tertiary/aromatic N) is 3. The molecule has 1 fully saturated rings. The fourth-order valence-electron chi connectivity index (χ4n) is 3.08. The van der Waals surface area contributed by atoms with E-state index in [0.717, 1.165) is 0 Å². The van der Waals surface area contributed by atoms with Crippen molar-refractivity contribution in [2.75, 3.05) is 26.4 Å². The van der Waals surface area contributed by atoms with Crippen molar-refractivity contribution < 1.29 is 33.3 Å². The first-order valence-electron chi connectivity index (χ1n) is 10.3. The molecule has 33 heavy (non-hydrogen) atoms. The average Bonchev–Trinajstić information content (AvgIpc) is 2.86. The molecule has 11 nitrogen and oxygen atoms in total. The molecule has 1 aliphatic rings. The first-order chi connectivity index (χ1) is 16.1. The van der Waals surface area contributed by atoms with Crippen LogP contribution in [0.25, 0.3) is 0 Å². The van der Waals surface area contributed by atoms with E-state index in [9.17, 15) is 19.3 Å². The van der Waals surface area contributed by atoms with Crippen molar-refractivity contribution in [1.82, 2.24) is 9.97 Å². The predicted octanol–water partition coefficient (Wildman–Crippen LogP) is 1.96. The molecule has 0 N–H and O–H groups in total. The van der Waals surface area contributed by atoms with E-state index in [4.69, 9.17) is 18.9 Å². The molecule has 3 rings (SSSR count). The zero-order valence-electron chi connectivity index (χ0n) is 17.7. The second kappa shape index (κ2) is 12.3. The molecule has 3 heterocycles. The number of rotatable bonds is 10. The van der Waals surface area contributed by atoms with Crippen molar-refractivity contribution in [3.8, 4) is 0 Å². The van der Waals surface area contributed by atoms with Gasteiger partial charge in [-0.25, -0.2) is 9.59 Å². The van der Waals surface area contributed by atoms with E-state index in [-0.39, 0.29) is 37.4 Å². The summed E-state index contributed by atoms with van der Waals surface area (Å²) in [4.78, 5) is 55.7. The van der Waals surface area contributed by atoms with Crippen LogP contribution < -0.4 is 0 Å². The van der Waals surface area contributed by atoms with Gasteiger partial charge >= 0.3 is 17.9 Å². The Kier molecular flexibility index (Phi) is 8.95. The Hall–Kier alpha value is -3.73. The van der Waals surface area contributed by atoms with Crippen LogP contribution >= 0.6 is 0 Å². The molecule has 0 aliphatic carbocycles. The molecular weight excluding hydrogens is 434 g/mol. The molecule has 0 amide bonds. The third-order valence-electron chi connectivity index (χ3n) is 4.83. The Morgan fingerprint density at radius 3 is 2.15 bits per heavy atom. The Morgan fingerprint density at radius 2 is 1.64 bits per heavy atom. The van der Waals surface area contributed by atoms with E-state index in [2.05, 4.69) is 15.1 Å². The second-order valence-corrected chi connectivity index (χ2v) is 7.32. The molecule has 1 aliphatic heterocycles. The van der Waals surface area contributed by atoms with Gasteiger partial charge in [0.25, 0.3) is 0 Å². The number of hydrogen-bond acceptors (Lipinski definition) is 11. The van der Waals surface area contributed by atoms with Crippen molar-refractivity contribution in [3.05, 3.63) is 65.1 Å². The summed E-state index contributed by atoms with van der Waals surface area (Å²) in [5, 5.41) is 2.94. The minimum absolute atomic E-state index is 0.0797. The van der Waals surface area contributed by atoms with Gasteiger partial charge in [-0.2, -0.15) is 4.91 Å². The molecule has 0 aromatic carbocycles. The molecule has 2 aromatic rings. The largest absolute Gasteiger partial charge is 0.462 e. The fraction of sp³-hybridized carbons (Fsp3) is 0.409. The van der Waals surface area contributed by atoms with Crippen LogP contribution in [-0.4, -0.2) is 66.4 Å². The van der Waals surface area contributed by atoms with Crippen LogP contribution in [0.15, 0.2) is 54.2 Å². The number of ether oxygens (including phenoxy) is 4. The summed E-state index contributed by atoms with van der Waals surface area (Å²) >= 11 is 0. The van der Waals surface area contributed by atoms with Crippen molar-refractivity contribution >= 4 is 17.9 Å². The van der Waals surface area contributed by atoms with Crippen LogP contribution in [0.3, 0.4) is 0 Å². The quantitative estimate of drug-likeness (QED) is 0.295. The van der Waals surface area contributed by atoms with Crippen molar-refractivity contribution in [1.29, 1.82) is 0 Å². The van der Waals surface area contributed by atoms with E-state index < -0.39 is 36.0 Å². The van der Waals surface area contributed by atoms with Gasteiger partial charge in [0.2, 0.25) is 0 Å². The number of esters is 3. The molecule has 2 atom stereocenters. The maximum atomic E-state index is 12.5. The van der Waals surface area contributed by atoms with E-state index in [1.54, 1.807) is 24.3 Å². The highest BCUT2D eigenvalue weighted by molar-refractivity contribution is 5.89. The predicted molar refractivity (Wildman–Crippen MR) is 112 cm³/mol. The van der Waals surface area contributed by atoms with Gasteiger partial charge < -0.3 is 18.9 Å². The highest BCUT2D eigenvalue weighted by Crippen LogP contribution is 2.18.